The highest BCUT2D eigenvalue weighted by Crippen LogP contribution is 2.25. The Morgan fingerprint density at radius 2 is 1.68 bits per heavy atom. The van der Waals surface area contributed by atoms with Gasteiger partial charge < -0.3 is 9.47 Å². The zero-order valence-corrected chi connectivity index (χ0v) is 19.3. The van der Waals surface area contributed by atoms with E-state index in [0.717, 1.165) is 11.4 Å². The molecule has 0 amide bonds. The van der Waals surface area contributed by atoms with Gasteiger partial charge in [0.15, 0.2) is 11.0 Å². The van der Waals surface area contributed by atoms with E-state index in [1.807, 2.05) is 47.9 Å². The van der Waals surface area contributed by atoms with Crippen molar-refractivity contribution >= 4 is 33.4 Å². The van der Waals surface area contributed by atoms with Gasteiger partial charge in [0.05, 0.1) is 12.4 Å². The number of nitrogens with zero attached hydrogens (tertiary/aromatic N) is 3. The van der Waals surface area contributed by atoms with Gasteiger partial charge in [-0.3, -0.25) is 4.57 Å². The zero-order valence-electron chi connectivity index (χ0n) is 16.9. The Bertz CT molecular complexity index is 1090. The number of ether oxygens (including phenoxy) is 2. The van der Waals surface area contributed by atoms with Gasteiger partial charge in [0.25, 0.3) is 0 Å². The number of rotatable bonds is 11. The standard InChI is InChI=1S/C20H23ClN4O4S2/c1-2-28-17-8-10-18(11-9-17)29-14-19-23-24-20(30-12-3-13-31(22,26)27)25(19)16-6-4-15(21)5-7-16/h4-11H,2-3,12-14H2,1H3,(H2,22,26,27). The van der Waals surface area contributed by atoms with E-state index >= 15 is 0 Å². The molecule has 0 radical (unpaired) electrons. The van der Waals surface area contributed by atoms with Crippen LogP contribution in [0.3, 0.4) is 0 Å². The molecule has 2 N–H and O–H groups in total. The van der Waals surface area contributed by atoms with Gasteiger partial charge in [0.2, 0.25) is 10.0 Å². The highest BCUT2D eigenvalue weighted by molar-refractivity contribution is 7.99. The topological polar surface area (TPSA) is 109 Å². The van der Waals surface area contributed by atoms with Crippen molar-refractivity contribution in [3.63, 3.8) is 0 Å². The molecule has 0 atom stereocenters. The van der Waals surface area contributed by atoms with Crippen LogP contribution in [0.2, 0.25) is 5.02 Å². The molecule has 0 unspecified atom stereocenters. The van der Waals surface area contributed by atoms with Crippen LogP contribution in [-0.2, 0) is 16.6 Å². The second-order valence-electron chi connectivity index (χ2n) is 6.47. The quantitative estimate of drug-likeness (QED) is 0.328. The number of benzene rings is 2. The third-order valence-corrected chi connectivity index (χ3v) is 6.22. The number of thioether (sulfide) groups is 1. The second kappa shape index (κ2) is 10.9. The Balaban J connectivity index is 1.75. The average molecular weight is 483 g/mol. The van der Waals surface area contributed by atoms with Crippen molar-refractivity contribution in [2.75, 3.05) is 18.1 Å². The molecule has 0 fully saturated rings. The molecular formula is C20H23ClN4O4S2. The zero-order chi connectivity index (χ0) is 22.3. The Morgan fingerprint density at radius 3 is 2.29 bits per heavy atom. The van der Waals surface area contributed by atoms with Gasteiger partial charge in [0, 0.05) is 16.5 Å². The van der Waals surface area contributed by atoms with Crippen LogP contribution >= 0.6 is 23.4 Å². The van der Waals surface area contributed by atoms with Gasteiger partial charge in [-0.25, -0.2) is 13.6 Å². The van der Waals surface area contributed by atoms with E-state index in [1.165, 1.54) is 11.8 Å². The predicted octanol–water partition coefficient (Wildman–Crippen LogP) is 3.67. The van der Waals surface area contributed by atoms with Crippen LogP contribution in [0.1, 0.15) is 19.2 Å². The minimum atomic E-state index is -3.49. The molecule has 0 saturated carbocycles. The lowest BCUT2D eigenvalue weighted by atomic mass is 10.3. The number of primary sulfonamides is 1. The van der Waals surface area contributed by atoms with Crippen molar-refractivity contribution in [3.05, 3.63) is 59.4 Å². The molecule has 0 aliphatic carbocycles. The summed E-state index contributed by atoms with van der Waals surface area (Å²) < 4.78 is 35.5. The first-order valence-corrected chi connectivity index (χ1v) is 12.6. The van der Waals surface area contributed by atoms with E-state index in [1.54, 1.807) is 12.1 Å². The average Bonchev–Trinajstić information content (AvgIpc) is 3.13. The summed E-state index contributed by atoms with van der Waals surface area (Å²) >= 11 is 7.43. The largest absolute Gasteiger partial charge is 0.494 e. The maximum atomic E-state index is 11.1. The Morgan fingerprint density at radius 1 is 1.03 bits per heavy atom. The fraction of sp³-hybridized carbons (Fsp3) is 0.300. The fourth-order valence-corrected chi connectivity index (χ4v) is 4.47. The molecule has 0 saturated heterocycles. The molecule has 0 spiro atoms. The normalized spacial score (nSPS) is 11.5. The van der Waals surface area contributed by atoms with Gasteiger partial charge in [-0.2, -0.15) is 0 Å². The summed E-state index contributed by atoms with van der Waals surface area (Å²) in [6, 6.07) is 14.6. The van der Waals surface area contributed by atoms with Crippen LogP contribution in [0.4, 0.5) is 0 Å². The smallest absolute Gasteiger partial charge is 0.209 e. The maximum Gasteiger partial charge on any atom is 0.209 e. The van der Waals surface area contributed by atoms with Crippen LogP contribution in [0.25, 0.3) is 5.69 Å². The fourth-order valence-electron chi connectivity index (χ4n) is 2.71. The molecule has 11 heteroatoms. The van der Waals surface area contributed by atoms with E-state index in [4.69, 9.17) is 26.2 Å². The van der Waals surface area contributed by atoms with Crippen LogP contribution in [0.5, 0.6) is 11.5 Å². The van der Waals surface area contributed by atoms with Gasteiger partial charge in [-0.15, -0.1) is 10.2 Å². The summed E-state index contributed by atoms with van der Waals surface area (Å²) in [7, 11) is -3.49. The van der Waals surface area contributed by atoms with E-state index in [2.05, 4.69) is 10.2 Å². The predicted molar refractivity (Wildman–Crippen MR) is 122 cm³/mol. The number of sulfonamides is 1. The van der Waals surface area contributed by atoms with Crippen LogP contribution in [0, 0.1) is 0 Å². The molecule has 166 valence electrons. The summed E-state index contributed by atoms with van der Waals surface area (Å²) in [5.41, 5.74) is 0.827. The third kappa shape index (κ3) is 7.13. The lowest BCUT2D eigenvalue weighted by molar-refractivity contribution is 0.291. The number of nitrogens with two attached hydrogens (primary N) is 1. The first-order valence-electron chi connectivity index (χ1n) is 9.55. The minimum Gasteiger partial charge on any atom is -0.494 e. The SMILES string of the molecule is CCOc1ccc(OCc2nnc(SCCCS(N)(=O)=O)n2-c2ccc(Cl)cc2)cc1. The van der Waals surface area contributed by atoms with Crippen LogP contribution in [0.15, 0.2) is 53.7 Å². The van der Waals surface area contributed by atoms with E-state index in [0.29, 0.717) is 40.5 Å². The first-order chi connectivity index (χ1) is 14.9. The highest BCUT2D eigenvalue weighted by Gasteiger charge is 2.16. The lowest BCUT2D eigenvalue weighted by Gasteiger charge is -2.12. The molecule has 0 aliphatic rings. The second-order valence-corrected chi connectivity index (χ2v) is 9.71. The first kappa shape index (κ1) is 23.4. The van der Waals surface area contributed by atoms with Crippen LogP contribution in [-0.4, -0.2) is 41.3 Å². The number of aromatic nitrogens is 3. The molecule has 8 nitrogen and oxygen atoms in total. The summed E-state index contributed by atoms with van der Waals surface area (Å²) in [4.78, 5) is 0. The number of hydrogen-bond donors (Lipinski definition) is 1. The number of halogens is 1. The van der Waals surface area contributed by atoms with Crippen molar-refractivity contribution in [2.45, 2.75) is 25.1 Å². The van der Waals surface area contributed by atoms with Crippen molar-refractivity contribution in [3.8, 4) is 17.2 Å². The highest BCUT2D eigenvalue weighted by atomic mass is 35.5. The molecule has 3 rings (SSSR count). The molecule has 2 aromatic carbocycles. The molecular weight excluding hydrogens is 460 g/mol. The van der Waals surface area contributed by atoms with E-state index in [-0.39, 0.29) is 12.4 Å². The third-order valence-electron chi connectivity index (χ3n) is 4.09. The Kier molecular flexibility index (Phi) is 8.19. The lowest BCUT2D eigenvalue weighted by Crippen LogP contribution is -2.16. The minimum absolute atomic E-state index is 0.0806. The van der Waals surface area contributed by atoms with Gasteiger partial charge >= 0.3 is 0 Å². The van der Waals surface area contributed by atoms with Gasteiger partial charge in [-0.05, 0) is 61.9 Å². The van der Waals surface area contributed by atoms with Crippen molar-refractivity contribution < 1.29 is 17.9 Å². The van der Waals surface area contributed by atoms with Crippen molar-refractivity contribution in [2.24, 2.45) is 5.14 Å². The molecule has 1 aromatic heterocycles. The monoisotopic (exact) mass is 482 g/mol. The van der Waals surface area contributed by atoms with E-state index < -0.39 is 10.0 Å². The van der Waals surface area contributed by atoms with Crippen molar-refractivity contribution in [1.82, 2.24) is 14.8 Å². The number of hydrogen-bond acceptors (Lipinski definition) is 7. The molecule has 0 aliphatic heterocycles. The molecule has 3 aromatic rings. The molecule has 31 heavy (non-hydrogen) atoms. The Labute approximate surface area is 190 Å². The van der Waals surface area contributed by atoms with Crippen molar-refractivity contribution in [1.29, 1.82) is 0 Å². The summed E-state index contributed by atoms with van der Waals surface area (Å²) in [6.07, 6.45) is 0.412. The van der Waals surface area contributed by atoms with E-state index in [9.17, 15) is 8.42 Å². The molecule has 1 heterocycles. The summed E-state index contributed by atoms with van der Waals surface area (Å²) in [5.74, 6) is 2.50. The Hall–Kier alpha value is -2.27. The van der Waals surface area contributed by atoms with Gasteiger partial charge in [-0.1, -0.05) is 23.4 Å². The van der Waals surface area contributed by atoms with Crippen LogP contribution < -0.4 is 14.6 Å². The summed E-state index contributed by atoms with van der Waals surface area (Å²) in [5, 5.41) is 14.8. The maximum absolute atomic E-state index is 11.1. The van der Waals surface area contributed by atoms with Gasteiger partial charge in [0.1, 0.15) is 18.1 Å². The molecule has 0 bridgehead atoms. The summed E-state index contributed by atoms with van der Waals surface area (Å²) in [6.45, 7) is 2.72.